The van der Waals surface area contributed by atoms with Gasteiger partial charge in [0.25, 0.3) is 0 Å². The number of rotatable bonds is 9. The minimum atomic E-state index is -3.58. The van der Waals surface area contributed by atoms with E-state index in [1.165, 1.54) is 0 Å². The van der Waals surface area contributed by atoms with E-state index in [1.54, 1.807) is 31.2 Å². The molecule has 1 heterocycles. The van der Waals surface area contributed by atoms with Crippen molar-refractivity contribution < 1.29 is 32.1 Å². The predicted molar refractivity (Wildman–Crippen MR) is 110 cm³/mol. The topological polar surface area (TPSA) is 111 Å². The first-order chi connectivity index (χ1) is 14.2. The Balaban J connectivity index is 1.67. The SMILES string of the molecule is CCOC(Cc1cccc(C2=NOC(c3ccc(OS(C)(=O)=O)cc3)C2)c1)C(=O)O. The summed E-state index contributed by atoms with van der Waals surface area (Å²) in [5.74, 6) is -0.762. The molecule has 2 aromatic rings. The zero-order valence-corrected chi connectivity index (χ0v) is 17.5. The molecule has 0 aromatic heterocycles. The summed E-state index contributed by atoms with van der Waals surface area (Å²) in [7, 11) is -3.58. The van der Waals surface area contributed by atoms with Crippen LogP contribution in [0.5, 0.6) is 5.75 Å². The second-order valence-corrected chi connectivity index (χ2v) is 8.45. The molecule has 8 nitrogen and oxygen atoms in total. The number of oxime groups is 1. The number of nitrogens with zero attached hydrogens (tertiary/aromatic N) is 1. The highest BCUT2D eigenvalue weighted by molar-refractivity contribution is 7.86. The summed E-state index contributed by atoms with van der Waals surface area (Å²) < 4.78 is 32.5. The van der Waals surface area contributed by atoms with Crippen molar-refractivity contribution in [1.82, 2.24) is 0 Å². The summed E-state index contributed by atoms with van der Waals surface area (Å²) in [6.07, 6.45) is 0.584. The third-order valence-corrected chi connectivity index (χ3v) is 4.99. The van der Waals surface area contributed by atoms with Crippen LogP contribution in [0.2, 0.25) is 0 Å². The smallest absolute Gasteiger partial charge is 0.333 e. The first-order valence-corrected chi connectivity index (χ1v) is 11.2. The maximum atomic E-state index is 11.3. The van der Waals surface area contributed by atoms with Crippen LogP contribution in [0.4, 0.5) is 0 Å². The molecular formula is C21H23NO7S. The molecule has 0 fully saturated rings. The van der Waals surface area contributed by atoms with Crippen molar-refractivity contribution in [3.63, 3.8) is 0 Å². The Morgan fingerprint density at radius 2 is 2.00 bits per heavy atom. The van der Waals surface area contributed by atoms with Crippen LogP contribution in [0.15, 0.2) is 53.7 Å². The first-order valence-electron chi connectivity index (χ1n) is 9.41. The van der Waals surface area contributed by atoms with Gasteiger partial charge in [-0.25, -0.2) is 4.79 Å². The fraction of sp³-hybridized carbons (Fsp3) is 0.333. The van der Waals surface area contributed by atoms with Gasteiger partial charge >= 0.3 is 16.1 Å². The lowest BCUT2D eigenvalue weighted by atomic mass is 9.97. The fourth-order valence-electron chi connectivity index (χ4n) is 3.15. The predicted octanol–water partition coefficient (Wildman–Crippen LogP) is 2.92. The molecule has 0 radical (unpaired) electrons. The molecular weight excluding hydrogens is 410 g/mol. The second kappa shape index (κ2) is 9.27. The summed E-state index contributed by atoms with van der Waals surface area (Å²) in [5, 5.41) is 13.5. The Morgan fingerprint density at radius 3 is 2.63 bits per heavy atom. The van der Waals surface area contributed by atoms with Crippen LogP contribution in [0, 0.1) is 0 Å². The Hall–Kier alpha value is -2.91. The second-order valence-electron chi connectivity index (χ2n) is 6.88. The van der Waals surface area contributed by atoms with Gasteiger partial charge in [-0.05, 0) is 41.8 Å². The van der Waals surface area contributed by atoms with Crippen LogP contribution in [-0.2, 0) is 30.9 Å². The average molecular weight is 433 g/mol. The molecule has 0 bridgehead atoms. The van der Waals surface area contributed by atoms with Gasteiger partial charge in [0, 0.05) is 19.4 Å². The van der Waals surface area contributed by atoms with E-state index in [0.717, 1.165) is 28.7 Å². The molecule has 0 saturated carbocycles. The summed E-state index contributed by atoms with van der Waals surface area (Å²) in [4.78, 5) is 16.9. The van der Waals surface area contributed by atoms with Gasteiger partial charge in [-0.3, -0.25) is 0 Å². The van der Waals surface area contributed by atoms with Crippen molar-refractivity contribution in [2.45, 2.75) is 32.0 Å². The van der Waals surface area contributed by atoms with Gasteiger partial charge in [0.1, 0.15) is 5.75 Å². The normalized spacial score (nSPS) is 17.1. The van der Waals surface area contributed by atoms with E-state index in [0.29, 0.717) is 13.0 Å². The van der Waals surface area contributed by atoms with Crippen molar-refractivity contribution in [2.75, 3.05) is 12.9 Å². The molecule has 2 unspecified atom stereocenters. The number of hydrogen-bond donors (Lipinski definition) is 1. The van der Waals surface area contributed by atoms with Crippen molar-refractivity contribution in [3.05, 3.63) is 65.2 Å². The molecule has 0 amide bonds. The third-order valence-electron chi connectivity index (χ3n) is 4.49. The quantitative estimate of drug-likeness (QED) is 0.605. The lowest BCUT2D eigenvalue weighted by Gasteiger charge is -2.13. The highest BCUT2D eigenvalue weighted by atomic mass is 32.2. The zero-order valence-electron chi connectivity index (χ0n) is 16.6. The van der Waals surface area contributed by atoms with E-state index >= 15 is 0 Å². The molecule has 1 aliphatic rings. The van der Waals surface area contributed by atoms with E-state index in [1.807, 2.05) is 24.3 Å². The summed E-state index contributed by atoms with van der Waals surface area (Å²) in [5.41, 5.74) is 3.28. The van der Waals surface area contributed by atoms with Gasteiger partial charge in [-0.15, -0.1) is 0 Å². The van der Waals surface area contributed by atoms with Crippen LogP contribution in [0.25, 0.3) is 0 Å². The van der Waals surface area contributed by atoms with Gasteiger partial charge < -0.3 is 18.9 Å². The van der Waals surface area contributed by atoms with Crippen LogP contribution in [-0.4, -0.2) is 44.2 Å². The minimum Gasteiger partial charge on any atom is -0.479 e. The molecule has 2 atom stereocenters. The number of benzene rings is 2. The van der Waals surface area contributed by atoms with E-state index in [2.05, 4.69) is 5.16 Å². The number of carbonyl (C=O) groups is 1. The fourth-order valence-corrected chi connectivity index (χ4v) is 3.61. The zero-order chi connectivity index (χ0) is 21.7. The van der Waals surface area contributed by atoms with Crippen molar-refractivity contribution in [3.8, 4) is 5.75 Å². The summed E-state index contributed by atoms with van der Waals surface area (Å²) >= 11 is 0. The monoisotopic (exact) mass is 433 g/mol. The largest absolute Gasteiger partial charge is 0.479 e. The van der Waals surface area contributed by atoms with Gasteiger partial charge in [-0.1, -0.05) is 35.5 Å². The van der Waals surface area contributed by atoms with Crippen LogP contribution in [0.1, 0.15) is 36.1 Å². The lowest BCUT2D eigenvalue weighted by Crippen LogP contribution is -2.26. The molecule has 0 aliphatic carbocycles. The highest BCUT2D eigenvalue weighted by Crippen LogP contribution is 2.31. The van der Waals surface area contributed by atoms with E-state index < -0.39 is 22.2 Å². The summed E-state index contributed by atoms with van der Waals surface area (Å²) in [6, 6.07) is 14.1. The minimum absolute atomic E-state index is 0.232. The summed E-state index contributed by atoms with van der Waals surface area (Å²) in [6.45, 7) is 2.09. The number of hydrogen-bond acceptors (Lipinski definition) is 7. The number of carboxylic acid groups (broad SMARTS) is 1. The maximum Gasteiger partial charge on any atom is 0.333 e. The van der Waals surface area contributed by atoms with Crippen molar-refractivity contribution >= 4 is 21.8 Å². The molecule has 1 N–H and O–H groups in total. The highest BCUT2D eigenvalue weighted by Gasteiger charge is 2.25. The van der Waals surface area contributed by atoms with E-state index in [-0.39, 0.29) is 18.3 Å². The Labute approximate surface area is 175 Å². The van der Waals surface area contributed by atoms with Crippen LogP contribution < -0.4 is 4.18 Å². The number of aliphatic carboxylic acids is 1. The van der Waals surface area contributed by atoms with Gasteiger partial charge in [0.15, 0.2) is 12.2 Å². The van der Waals surface area contributed by atoms with Gasteiger partial charge in [0.05, 0.1) is 12.0 Å². The lowest BCUT2D eigenvalue weighted by molar-refractivity contribution is -0.149. The van der Waals surface area contributed by atoms with Crippen molar-refractivity contribution in [1.29, 1.82) is 0 Å². The van der Waals surface area contributed by atoms with E-state index in [4.69, 9.17) is 13.8 Å². The molecule has 0 spiro atoms. The van der Waals surface area contributed by atoms with Gasteiger partial charge in [0.2, 0.25) is 0 Å². The van der Waals surface area contributed by atoms with Crippen LogP contribution >= 0.6 is 0 Å². The third kappa shape index (κ3) is 5.80. The Morgan fingerprint density at radius 1 is 1.27 bits per heavy atom. The maximum absolute atomic E-state index is 11.3. The Bertz CT molecular complexity index is 1030. The van der Waals surface area contributed by atoms with Crippen molar-refractivity contribution in [2.24, 2.45) is 5.16 Å². The molecule has 1 aliphatic heterocycles. The molecule has 3 rings (SSSR count). The average Bonchev–Trinajstić information content (AvgIpc) is 3.17. The standard InChI is InChI=1S/C21H23NO7S/c1-3-27-20(21(23)24)12-14-5-4-6-16(11-14)18-13-19(28-22-18)15-7-9-17(10-8-15)29-30(2,25)26/h4-11,19-20H,3,12-13H2,1-2H3,(H,23,24). The van der Waals surface area contributed by atoms with Crippen LogP contribution in [0.3, 0.4) is 0 Å². The van der Waals surface area contributed by atoms with E-state index in [9.17, 15) is 18.3 Å². The van der Waals surface area contributed by atoms with Gasteiger partial charge in [-0.2, -0.15) is 8.42 Å². The molecule has 160 valence electrons. The molecule has 30 heavy (non-hydrogen) atoms. The molecule has 9 heteroatoms. The number of carboxylic acids is 1. The Kier molecular flexibility index (Phi) is 6.73. The molecule has 2 aromatic carbocycles. The number of ether oxygens (including phenoxy) is 1. The first kappa shape index (κ1) is 21.8. The molecule has 0 saturated heterocycles.